The summed E-state index contributed by atoms with van der Waals surface area (Å²) < 4.78 is 40.1. The lowest BCUT2D eigenvalue weighted by Gasteiger charge is -2.44. The predicted molar refractivity (Wildman–Crippen MR) is 134 cm³/mol. The Bertz CT molecular complexity index is 1300. The molecule has 0 radical (unpaired) electrons. The van der Waals surface area contributed by atoms with Crippen molar-refractivity contribution < 1.29 is 17.9 Å². The van der Waals surface area contributed by atoms with Crippen molar-refractivity contribution >= 4 is 15.8 Å². The lowest BCUT2D eigenvalue weighted by Crippen LogP contribution is -2.50. The topological polar surface area (TPSA) is 84.9 Å². The third kappa shape index (κ3) is 4.58. The minimum atomic E-state index is -3.72. The third-order valence-electron chi connectivity index (χ3n) is 7.08. The molecule has 3 heterocycles. The van der Waals surface area contributed by atoms with Crippen LogP contribution in [0.25, 0.3) is 11.1 Å². The summed E-state index contributed by atoms with van der Waals surface area (Å²) in [6.07, 6.45) is 1.61. The fraction of sp³-hybridized carbons (Fsp3) is 0.385. The Labute approximate surface area is 206 Å². The summed E-state index contributed by atoms with van der Waals surface area (Å²) in [4.78, 5) is 2.41. The standard InChI is InChI=1S/C26H30N4O4S/c1-19-4-11-25(28-27-19)30-14-12-26(13-15-30)17-29(2)35(31,32)24-16-21(7-10-23(24)34-18-26)20-5-8-22(33-3)9-6-20/h4-11,16H,12-15,17-18H2,1-3H3. The van der Waals surface area contributed by atoms with Gasteiger partial charge in [0.1, 0.15) is 16.4 Å². The van der Waals surface area contributed by atoms with Gasteiger partial charge in [-0.3, -0.25) is 0 Å². The highest BCUT2D eigenvalue weighted by Gasteiger charge is 2.42. The molecule has 1 spiro atoms. The van der Waals surface area contributed by atoms with Crippen LogP contribution in [0.2, 0.25) is 0 Å². The number of fused-ring (bicyclic) bond motifs is 1. The zero-order valence-corrected chi connectivity index (χ0v) is 21.1. The van der Waals surface area contributed by atoms with Gasteiger partial charge in [0, 0.05) is 32.1 Å². The number of benzene rings is 2. The second-order valence-corrected chi connectivity index (χ2v) is 11.5. The second-order valence-electron chi connectivity index (χ2n) is 9.46. The molecular formula is C26H30N4O4S. The maximum absolute atomic E-state index is 13.6. The van der Waals surface area contributed by atoms with Crippen LogP contribution in [0.4, 0.5) is 5.82 Å². The Hall–Kier alpha value is -3.17. The lowest BCUT2D eigenvalue weighted by atomic mass is 9.79. The van der Waals surface area contributed by atoms with Crippen LogP contribution >= 0.6 is 0 Å². The number of rotatable bonds is 3. The first-order valence-electron chi connectivity index (χ1n) is 11.7. The van der Waals surface area contributed by atoms with Crippen LogP contribution in [-0.4, -0.2) is 63.3 Å². The summed E-state index contributed by atoms with van der Waals surface area (Å²) >= 11 is 0. The van der Waals surface area contributed by atoms with Crippen molar-refractivity contribution in [1.29, 1.82) is 0 Å². The Balaban J connectivity index is 1.39. The van der Waals surface area contributed by atoms with Crippen molar-refractivity contribution in [2.24, 2.45) is 5.41 Å². The van der Waals surface area contributed by atoms with Crippen LogP contribution in [0.1, 0.15) is 18.5 Å². The van der Waals surface area contributed by atoms with Crippen LogP contribution in [0.3, 0.4) is 0 Å². The SMILES string of the molecule is COc1ccc(-c2ccc3c(c2)S(=O)(=O)N(C)CC2(CCN(c4ccc(C)nn4)CC2)CO3)cc1. The second kappa shape index (κ2) is 9.13. The molecule has 35 heavy (non-hydrogen) atoms. The zero-order valence-electron chi connectivity index (χ0n) is 20.3. The van der Waals surface area contributed by atoms with Gasteiger partial charge in [-0.25, -0.2) is 12.7 Å². The molecule has 0 bridgehead atoms. The Morgan fingerprint density at radius 3 is 2.34 bits per heavy atom. The van der Waals surface area contributed by atoms with E-state index in [9.17, 15) is 8.42 Å². The number of nitrogens with zero attached hydrogens (tertiary/aromatic N) is 4. The number of sulfonamides is 1. The van der Waals surface area contributed by atoms with Crippen molar-refractivity contribution in [3.63, 3.8) is 0 Å². The molecule has 0 amide bonds. The molecular weight excluding hydrogens is 464 g/mol. The van der Waals surface area contributed by atoms with Crippen molar-refractivity contribution in [2.45, 2.75) is 24.7 Å². The molecule has 0 aliphatic carbocycles. The van der Waals surface area contributed by atoms with E-state index >= 15 is 0 Å². The van der Waals surface area contributed by atoms with Gasteiger partial charge in [0.15, 0.2) is 5.82 Å². The monoisotopic (exact) mass is 494 g/mol. The molecule has 2 aromatic carbocycles. The van der Waals surface area contributed by atoms with Crippen LogP contribution in [-0.2, 0) is 10.0 Å². The highest BCUT2D eigenvalue weighted by Crippen LogP contribution is 2.40. The summed E-state index contributed by atoms with van der Waals surface area (Å²) in [5, 5.41) is 8.48. The molecule has 0 atom stereocenters. The van der Waals surface area contributed by atoms with E-state index in [0.29, 0.717) is 18.9 Å². The summed E-state index contributed by atoms with van der Waals surface area (Å²) in [6, 6.07) is 16.9. The number of hydrogen-bond donors (Lipinski definition) is 0. The molecule has 1 saturated heterocycles. The molecule has 0 unspecified atom stereocenters. The number of aromatic nitrogens is 2. The van der Waals surface area contributed by atoms with E-state index in [1.54, 1.807) is 26.3 Å². The fourth-order valence-corrected chi connectivity index (χ4v) is 6.30. The van der Waals surface area contributed by atoms with Gasteiger partial charge in [-0.15, -0.1) is 5.10 Å². The van der Waals surface area contributed by atoms with E-state index in [2.05, 4.69) is 15.1 Å². The lowest BCUT2D eigenvalue weighted by molar-refractivity contribution is 0.0874. The van der Waals surface area contributed by atoms with Crippen molar-refractivity contribution in [3.05, 3.63) is 60.3 Å². The number of methoxy groups -OCH3 is 1. The van der Waals surface area contributed by atoms with Gasteiger partial charge in [-0.2, -0.15) is 5.10 Å². The van der Waals surface area contributed by atoms with Crippen LogP contribution in [0.5, 0.6) is 11.5 Å². The molecule has 184 valence electrons. The van der Waals surface area contributed by atoms with Gasteiger partial charge in [0.05, 0.1) is 19.4 Å². The molecule has 1 fully saturated rings. The van der Waals surface area contributed by atoms with E-state index < -0.39 is 10.0 Å². The van der Waals surface area contributed by atoms with Gasteiger partial charge in [-0.1, -0.05) is 18.2 Å². The first kappa shape index (κ1) is 23.6. The summed E-state index contributed by atoms with van der Waals surface area (Å²) in [6.45, 7) is 4.35. The first-order valence-corrected chi connectivity index (χ1v) is 13.2. The van der Waals surface area contributed by atoms with Crippen LogP contribution in [0, 0.1) is 12.3 Å². The molecule has 2 aliphatic heterocycles. The number of aryl methyl sites for hydroxylation is 1. The molecule has 1 aromatic heterocycles. The first-order chi connectivity index (χ1) is 16.8. The Morgan fingerprint density at radius 2 is 1.69 bits per heavy atom. The number of hydrogen-bond acceptors (Lipinski definition) is 7. The minimum absolute atomic E-state index is 0.204. The molecule has 9 heteroatoms. The van der Waals surface area contributed by atoms with Gasteiger partial charge >= 0.3 is 0 Å². The summed E-state index contributed by atoms with van der Waals surface area (Å²) in [7, 11) is -0.433. The highest BCUT2D eigenvalue weighted by atomic mass is 32.2. The number of piperidine rings is 1. The average molecular weight is 495 g/mol. The Morgan fingerprint density at radius 1 is 0.971 bits per heavy atom. The van der Waals surface area contributed by atoms with E-state index in [-0.39, 0.29) is 10.3 Å². The predicted octanol–water partition coefficient (Wildman–Crippen LogP) is 3.76. The quantitative estimate of drug-likeness (QED) is 0.548. The van der Waals surface area contributed by atoms with E-state index in [4.69, 9.17) is 9.47 Å². The van der Waals surface area contributed by atoms with E-state index in [1.165, 1.54) is 4.31 Å². The fourth-order valence-electron chi connectivity index (χ4n) is 4.87. The minimum Gasteiger partial charge on any atom is -0.497 e. The maximum atomic E-state index is 13.6. The van der Waals surface area contributed by atoms with Crippen molar-refractivity contribution in [3.8, 4) is 22.6 Å². The van der Waals surface area contributed by atoms with Crippen LogP contribution < -0.4 is 14.4 Å². The van der Waals surface area contributed by atoms with Crippen LogP contribution in [0.15, 0.2) is 59.5 Å². The summed E-state index contributed by atoms with van der Waals surface area (Å²) in [5.41, 5.74) is 2.35. The number of ether oxygens (including phenoxy) is 2. The van der Waals surface area contributed by atoms with Gasteiger partial charge in [0.2, 0.25) is 10.0 Å². The molecule has 3 aromatic rings. The molecule has 2 aliphatic rings. The van der Waals surface area contributed by atoms with E-state index in [1.807, 2.05) is 49.4 Å². The van der Waals surface area contributed by atoms with Gasteiger partial charge in [0.25, 0.3) is 0 Å². The van der Waals surface area contributed by atoms with E-state index in [0.717, 1.165) is 54.3 Å². The number of anilines is 1. The van der Waals surface area contributed by atoms with Gasteiger partial charge in [-0.05, 0) is 67.3 Å². The zero-order chi connectivity index (χ0) is 24.6. The molecule has 8 nitrogen and oxygen atoms in total. The van der Waals surface area contributed by atoms with Gasteiger partial charge < -0.3 is 14.4 Å². The third-order valence-corrected chi connectivity index (χ3v) is 8.90. The van der Waals surface area contributed by atoms with Crippen molar-refractivity contribution in [1.82, 2.24) is 14.5 Å². The largest absolute Gasteiger partial charge is 0.497 e. The average Bonchev–Trinajstić information content (AvgIpc) is 2.88. The smallest absolute Gasteiger partial charge is 0.246 e. The molecule has 5 rings (SSSR count). The summed E-state index contributed by atoms with van der Waals surface area (Å²) in [5.74, 6) is 2.01. The molecule has 0 saturated carbocycles. The molecule has 0 N–H and O–H groups in total. The maximum Gasteiger partial charge on any atom is 0.246 e. The Kier molecular flexibility index (Phi) is 6.14. The highest BCUT2D eigenvalue weighted by molar-refractivity contribution is 7.89. The van der Waals surface area contributed by atoms with Crippen molar-refractivity contribution in [2.75, 3.05) is 45.3 Å². The normalized spacial score (nSPS) is 19.3.